The Hall–Kier alpha value is -1.85. The summed E-state index contributed by atoms with van der Waals surface area (Å²) in [6.07, 6.45) is 2.39. The lowest BCUT2D eigenvalue weighted by Gasteiger charge is -2.07. The molecule has 5 nitrogen and oxygen atoms in total. The van der Waals surface area contributed by atoms with Gasteiger partial charge in [-0.2, -0.15) is 0 Å². The second kappa shape index (κ2) is 12.9. The molecule has 0 aliphatic heterocycles. The zero-order valence-electron chi connectivity index (χ0n) is 13.4. The number of para-hydroxylation sites is 1. The van der Waals surface area contributed by atoms with Gasteiger partial charge in [-0.05, 0) is 12.1 Å². The van der Waals surface area contributed by atoms with Crippen molar-refractivity contribution in [1.29, 1.82) is 0 Å². The SMILES string of the molecule is CC.c1ccc(OCCCOCCOCc2ccon2)cc1. The summed E-state index contributed by atoms with van der Waals surface area (Å²) in [5, 5.41) is 3.75. The monoisotopic (exact) mass is 307 g/mol. The third kappa shape index (κ3) is 8.44. The van der Waals surface area contributed by atoms with Crippen LogP contribution in [-0.2, 0) is 16.1 Å². The lowest BCUT2D eigenvalue weighted by Crippen LogP contribution is -2.08. The average Bonchev–Trinajstić information content (AvgIpc) is 3.09. The zero-order chi connectivity index (χ0) is 15.9. The first-order chi connectivity index (χ1) is 10.9. The molecule has 5 heteroatoms. The Kier molecular flexibility index (Phi) is 10.6. The van der Waals surface area contributed by atoms with E-state index in [1.807, 2.05) is 44.2 Å². The van der Waals surface area contributed by atoms with Crippen LogP contribution in [0.2, 0.25) is 0 Å². The van der Waals surface area contributed by atoms with Crippen molar-refractivity contribution in [2.24, 2.45) is 0 Å². The third-order valence-corrected chi connectivity index (χ3v) is 2.56. The summed E-state index contributed by atoms with van der Waals surface area (Å²) in [6.45, 7) is 6.90. The van der Waals surface area contributed by atoms with Gasteiger partial charge >= 0.3 is 0 Å². The molecule has 1 heterocycles. The smallest absolute Gasteiger partial charge is 0.124 e. The highest BCUT2D eigenvalue weighted by Gasteiger charge is 1.96. The molecule has 0 N–H and O–H groups in total. The molecule has 0 saturated carbocycles. The van der Waals surface area contributed by atoms with Crippen LogP contribution in [0.15, 0.2) is 47.2 Å². The normalized spacial score (nSPS) is 9.91. The lowest BCUT2D eigenvalue weighted by molar-refractivity contribution is 0.0351. The number of ether oxygens (including phenoxy) is 3. The van der Waals surface area contributed by atoms with Gasteiger partial charge in [-0.1, -0.05) is 37.2 Å². The van der Waals surface area contributed by atoms with E-state index in [2.05, 4.69) is 5.16 Å². The van der Waals surface area contributed by atoms with E-state index in [0.29, 0.717) is 33.0 Å². The van der Waals surface area contributed by atoms with Crippen LogP contribution in [0.25, 0.3) is 0 Å². The van der Waals surface area contributed by atoms with Crippen LogP contribution in [0.1, 0.15) is 26.0 Å². The average molecular weight is 307 g/mol. The van der Waals surface area contributed by atoms with Crippen molar-refractivity contribution < 1.29 is 18.7 Å². The molecule has 0 spiro atoms. The van der Waals surface area contributed by atoms with Crippen LogP contribution < -0.4 is 4.74 Å². The van der Waals surface area contributed by atoms with E-state index in [1.165, 1.54) is 6.26 Å². The fourth-order valence-electron chi connectivity index (χ4n) is 1.58. The fraction of sp³-hybridized carbons (Fsp3) is 0.471. The van der Waals surface area contributed by atoms with Crippen molar-refractivity contribution in [2.45, 2.75) is 26.9 Å². The number of aromatic nitrogens is 1. The quantitative estimate of drug-likeness (QED) is 0.626. The minimum absolute atomic E-state index is 0.455. The molecular weight excluding hydrogens is 282 g/mol. The standard InChI is InChI=1S/C15H19NO4.C2H6/c1-2-5-15(6-3-1)19-9-4-8-17-11-12-18-13-14-7-10-20-16-14;1-2/h1-3,5-7,10H,4,8-9,11-13H2;1-2H3. The molecule has 0 aliphatic rings. The number of hydrogen-bond acceptors (Lipinski definition) is 5. The molecular formula is C17H25NO4. The molecule has 0 aliphatic carbocycles. The van der Waals surface area contributed by atoms with E-state index in [4.69, 9.17) is 18.7 Å². The van der Waals surface area contributed by atoms with E-state index >= 15 is 0 Å². The maximum absolute atomic E-state index is 5.55. The van der Waals surface area contributed by atoms with Crippen LogP contribution in [0, 0.1) is 0 Å². The number of benzene rings is 1. The van der Waals surface area contributed by atoms with Crippen molar-refractivity contribution in [3.8, 4) is 5.75 Å². The van der Waals surface area contributed by atoms with Gasteiger partial charge in [0.25, 0.3) is 0 Å². The zero-order valence-corrected chi connectivity index (χ0v) is 13.4. The summed E-state index contributed by atoms with van der Waals surface area (Å²) in [4.78, 5) is 0. The van der Waals surface area contributed by atoms with Crippen LogP contribution in [-0.4, -0.2) is 31.6 Å². The molecule has 0 fully saturated rings. The first kappa shape index (κ1) is 18.2. The first-order valence-electron chi connectivity index (χ1n) is 7.68. The van der Waals surface area contributed by atoms with E-state index in [-0.39, 0.29) is 0 Å². The minimum Gasteiger partial charge on any atom is -0.494 e. The molecule has 0 bridgehead atoms. The summed E-state index contributed by atoms with van der Waals surface area (Å²) in [5.74, 6) is 0.892. The molecule has 1 aromatic heterocycles. The molecule has 2 aromatic rings. The van der Waals surface area contributed by atoms with E-state index in [0.717, 1.165) is 17.9 Å². The molecule has 2 rings (SSSR count). The summed E-state index contributed by atoms with van der Waals surface area (Å²) in [6, 6.07) is 11.5. The van der Waals surface area contributed by atoms with E-state index < -0.39 is 0 Å². The van der Waals surface area contributed by atoms with Gasteiger partial charge in [0.1, 0.15) is 17.7 Å². The fourth-order valence-corrected chi connectivity index (χ4v) is 1.58. The summed E-state index contributed by atoms with van der Waals surface area (Å²) in [7, 11) is 0. The maximum Gasteiger partial charge on any atom is 0.124 e. The molecule has 0 atom stereocenters. The highest BCUT2D eigenvalue weighted by molar-refractivity contribution is 5.20. The predicted molar refractivity (Wildman–Crippen MR) is 84.9 cm³/mol. The molecule has 0 amide bonds. The highest BCUT2D eigenvalue weighted by Crippen LogP contribution is 2.08. The van der Waals surface area contributed by atoms with Gasteiger partial charge in [-0.15, -0.1) is 0 Å². The second-order valence-corrected chi connectivity index (χ2v) is 4.17. The summed E-state index contributed by atoms with van der Waals surface area (Å²) >= 11 is 0. The first-order valence-corrected chi connectivity index (χ1v) is 7.68. The van der Waals surface area contributed by atoms with Gasteiger partial charge in [0, 0.05) is 19.1 Å². The number of rotatable bonds is 10. The van der Waals surface area contributed by atoms with Crippen LogP contribution in [0.4, 0.5) is 0 Å². The Bertz CT molecular complexity index is 445. The second-order valence-electron chi connectivity index (χ2n) is 4.17. The van der Waals surface area contributed by atoms with Crippen molar-refractivity contribution >= 4 is 0 Å². The van der Waals surface area contributed by atoms with Gasteiger partial charge in [-0.3, -0.25) is 0 Å². The maximum atomic E-state index is 5.55. The summed E-state index contributed by atoms with van der Waals surface area (Å²) in [5.41, 5.74) is 0.793. The highest BCUT2D eigenvalue weighted by atomic mass is 16.5. The Balaban J connectivity index is 0.00000116. The van der Waals surface area contributed by atoms with E-state index in [1.54, 1.807) is 6.07 Å². The van der Waals surface area contributed by atoms with Gasteiger partial charge in [0.2, 0.25) is 0 Å². The molecule has 122 valence electrons. The van der Waals surface area contributed by atoms with Gasteiger partial charge in [0.15, 0.2) is 0 Å². The number of hydrogen-bond donors (Lipinski definition) is 0. The van der Waals surface area contributed by atoms with Crippen LogP contribution in [0.3, 0.4) is 0 Å². The van der Waals surface area contributed by atoms with Crippen LogP contribution >= 0.6 is 0 Å². The van der Waals surface area contributed by atoms with Crippen molar-refractivity contribution in [3.63, 3.8) is 0 Å². The van der Waals surface area contributed by atoms with Crippen molar-refractivity contribution in [3.05, 3.63) is 48.4 Å². The summed E-state index contributed by atoms with van der Waals surface area (Å²) < 4.78 is 21.1. The topological polar surface area (TPSA) is 53.7 Å². The third-order valence-electron chi connectivity index (χ3n) is 2.56. The molecule has 1 aromatic carbocycles. The van der Waals surface area contributed by atoms with Gasteiger partial charge in [-0.25, -0.2) is 0 Å². The molecule has 22 heavy (non-hydrogen) atoms. The van der Waals surface area contributed by atoms with E-state index in [9.17, 15) is 0 Å². The molecule has 0 unspecified atom stereocenters. The van der Waals surface area contributed by atoms with Crippen molar-refractivity contribution in [1.82, 2.24) is 5.16 Å². The molecule has 0 saturated heterocycles. The van der Waals surface area contributed by atoms with Crippen molar-refractivity contribution in [2.75, 3.05) is 26.4 Å². The van der Waals surface area contributed by atoms with Gasteiger partial charge in [0.05, 0.1) is 26.4 Å². The van der Waals surface area contributed by atoms with Gasteiger partial charge < -0.3 is 18.7 Å². The number of nitrogens with zero attached hydrogens (tertiary/aromatic N) is 1. The largest absolute Gasteiger partial charge is 0.494 e. The Labute approximate surface area is 132 Å². The Morgan fingerprint density at radius 2 is 1.68 bits per heavy atom. The molecule has 0 radical (unpaired) electrons. The van der Waals surface area contributed by atoms with Crippen LogP contribution in [0.5, 0.6) is 5.75 Å². The minimum atomic E-state index is 0.455. The Morgan fingerprint density at radius 3 is 2.41 bits per heavy atom. The predicted octanol–water partition coefficient (Wildman–Crippen LogP) is 3.70. The Morgan fingerprint density at radius 1 is 0.909 bits per heavy atom. The lowest BCUT2D eigenvalue weighted by atomic mass is 10.3.